The number of carboxylic acid groups (broad SMARTS) is 1. The maximum Gasteiger partial charge on any atom is 0.307 e. The summed E-state index contributed by atoms with van der Waals surface area (Å²) in [6.45, 7) is 0.986. The van der Waals surface area contributed by atoms with Crippen molar-refractivity contribution in [2.45, 2.75) is 26.1 Å². The van der Waals surface area contributed by atoms with Crippen molar-refractivity contribution in [3.63, 3.8) is 0 Å². The minimum absolute atomic E-state index is 0.128. The van der Waals surface area contributed by atoms with Gasteiger partial charge in [-0.05, 0) is 34.9 Å². The van der Waals surface area contributed by atoms with E-state index in [1.54, 1.807) is 18.4 Å². The molecular formula is C25H24N2O4. The molecule has 0 saturated carbocycles. The molecule has 31 heavy (non-hydrogen) atoms. The first-order valence-corrected chi connectivity index (χ1v) is 10.0. The van der Waals surface area contributed by atoms with Gasteiger partial charge >= 0.3 is 5.97 Å². The molecule has 3 aromatic carbocycles. The summed E-state index contributed by atoms with van der Waals surface area (Å²) in [7, 11) is 0. The lowest BCUT2D eigenvalue weighted by Crippen LogP contribution is -2.08. The van der Waals surface area contributed by atoms with E-state index in [2.05, 4.69) is 12.1 Å². The predicted octanol–water partition coefficient (Wildman–Crippen LogP) is 4.22. The molecule has 5 N–H and O–H groups in total. The van der Waals surface area contributed by atoms with E-state index in [0.29, 0.717) is 17.9 Å². The number of carboxylic acids is 1. The van der Waals surface area contributed by atoms with Gasteiger partial charge in [-0.25, -0.2) is 0 Å². The Morgan fingerprint density at radius 3 is 2.45 bits per heavy atom. The van der Waals surface area contributed by atoms with Crippen LogP contribution >= 0.6 is 0 Å². The monoisotopic (exact) mass is 416 g/mol. The summed E-state index contributed by atoms with van der Waals surface area (Å²) in [4.78, 5) is 11.2. The van der Waals surface area contributed by atoms with Gasteiger partial charge in [0.05, 0.1) is 12.7 Å². The van der Waals surface area contributed by atoms with Crippen LogP contribution in [-0.2, 0) is 30.9 Å². The molecule has 0 radical (unpaired) electrons. The Balaban J connectivity index is 1.65. The first kappa shape index (κ1) is 20.7. The maximum atomic E-state index is 11.2. The van der Waals surface area contributed by atoms with E-state index in [4.69, 9.17) is 20.6 Å². The average molecular weight is 416 g/mol. The Kier molecular flexibility index (Phi) is 6.02. The predicted molar refractivity (Wildman–Crippen MR) is 120 cm³/mol. The van der Waals surface area contributed by atoms with Gasteiger partial charge in [-0.2, -0.15) is 0 Å². The molecular weight excluding hydrogens is 392 g/mol. The number of rotatable bonds is 8. The molecule has 0 atom stereocenters. The Hall–Kier alpha value is -3.61. The van der Waals surface area contributed by atoms with Gasteiger partial charge in [0.1, 0.15) is 17.9 Å². The van der Waals surface area contributed by atoms with Crippen LogP contribution in [0.5, 0.6) is 5.75 Å². The number of nitrogens with two attached hydrogens (primary N) is 2. The summed E-state index contributed by atoms with van der Waals surface area (Å²) in [5.41, 5.74) is 17.8. The molecule has 4 rings (SSSR count). The van der Waals surface area contributed by atoms with Gasteiger partial charge in [-0.3, -0.25) is 4.79 Å². The quantitative estimate of drug-likeness (QED) is 0.396. The topological polar surface area (TPSA) is 112 Å². The molecule has 0 fully saturated rings. The number of para-hydroxylation sites is 1. The van der Waals surface area contributed by atoms with Crippen molar-refractivity contribution in [3.05, 3.63) is 89.2 Å². The zero-order valence-electron chi connectivity index (χ0n) is 17.0. The summed E-state index contributed by atoms with van der Waals surface area (Å²) >= 11 is 0. The van der Waals surface area contributed by atoms with E-state index in [-0.39, 0.29) is 19.6 Å². The van der Waals surface area contributed by atoms with Gasteiger partial charge in [0, 0.05) is 35.2 Å². The van der Waals surface area contributed by atoms with Crippen LogP contribution in [0.4, 0.5) is 0 Å². The van der Waals surface area contributed by atoms with Crippen LogP contribution in [0.15, 0.2) is 71.3 Å². The molecule has 0 aliphatic rings. The second-order valence-electron chi connectivity index (χ2n) is 7.35. The smallest absolute Gasteiger partial charge is 0.307 e. The van der Waals surface area contributed by atoms with E-state index in [9.17, 15) is 9.90 Å². The van der Waals surface area contributed by atoms with Gasteiger partial charge in [-0.15, -0.1) is 0 Å². The molecule has 6 heteroatoms. The third kappa shape index (κ3) is 4.45. The summed E-state index contributed by atoms with van der Waals surface area (Å²) in [6, 6.07) is 19.5. The van der Waals surface area contributed by atoms with Crippen LogP contribution in [-0.4, -0.2) is 11.1 Å². The standard InChI is InChI=1S/C25H24N2O4/c26-12-16-3-1-4-17(9-16)18-7-8-23-22(10-18)21(14-30-23)15-31-25-19(11-24(28)29)5-2-6-20(25)13-27/h1-10,14H,11-13,15,26-27H2,(H,28,29). The van der Waals surface area contributed by atoms with Gasteiger partial charge < -0.3 is 25.7 Å². The zero-order valence-corrected chi connectivity index (χ0v) is 17.0. The van der Waals surface area contributed by atoms with Gasteiger partial charge in [0.25, 0.3) is 0 Å². The highest BCUT2D eigenvalue weighted by Gasteiger charge is 2.14. The lowest BCUT2D eigenvalue weighted by atomic mass is 10.0. The number of hydrogen-bond acceptors (Lipinski definition) is 5. The van der Waals surface area contributed by atoms with Crippen molar-refractivity contribution in [1.82, 2.24) is 0 Å². The SMILES string of the molecule is NCc1cccc(-c2ccc3occ(COc4c(CN)cccc4CC(=O)O)c3c2)c1. The Bertz CT molecular complexity index is 1230. The lowest BCUT2D eigenvalue weighted by Gasteiger charge is -2.14. The molecule has 4 aromatic rings. The summed E-state index contributed by atoms with van der Waals surface area (Å²) in [5, 5.41) is 10.2. The molecule has 6 nitrogen and oxygen atoms in total. The second-order valence-corrected chi connectivity index (χ2v) is 7.35. The van der Waals surface area contributed by atoms with E-state index < -0.39 is 5.97 Å². The van der Waals surface area contributed by atoms with Crippen molar-refractivity contribution in [2.24, 2.45) is 11.5 Å². The molecule has 0 bridgehead atoms. The fraction of sp³-hybridized carbons (Fsp3) is 0.160. The number of furan rings is 1. The van der Waals surface area contributed by atoms with Crippen LogP contribution in [0, 0.1) is 0 Å². The number of carbonyl (C=O) groups is 1. The third-order valence-corrected chi connectivity index (χ3v) is 5.26. The van der Waals surface area contributed by atoms with Crippen molar-refractivity contribution in [1.29, 1.82) is 0 Å². The normalized spacial score (nSPS) is 11.0. The molecule has 0 aliphatic heterocycles. The fourth-order valence-electron chi connectivity index (χ4n) is 3.69. The number of ether oxygens (including phenoxy) is 1. The summed E-state index contributed by atoms with van der Waals surface area (Å²) in [6.07, 6.45) is 1.55. The number of aliphatic carboxylic acids is 1. The minimum Gasteiger partial charge on any atom is -0.488 e. The molecule has 1 heterocycles. The Labute approximate surface area is 180 Å². The van der Waals surface area contributed by atoms with Gasteiger partial charge in [0.2, 0.25) is 0 Å². The van der Waals surface area contributed by atoms with Crippen LogP contribution in [0.3, 0.4) is 0 Å². The molecule has 0 saturated heterocycles. The first-order valence-electron chi connectivity index (χ1n) is 10.0. The third-order valence-electron chi connectivity index (χ3n) is 5.26. The maximum absolute atomic E-state index is 11.2. The lowest BCUT2D eigenvalue weighted by molar-refractivity contribution is -0.136. The van der Waals surface area contributed by atoms with Crippen LogP contribution in [0.25, 0.3) is 22.1 Å². The largest absolute Gasteiger partial charge is 0.488 e. The fourth-order valence-corrected chi connectivity index (χ4v) is 3.69. The van der Waals surface area contributed by atoms with Crippen molar-refractivity contribution >= 4 is 16.9 Å². The van der Waals surface area contributed by atoms with Gasteiger partial charge in [-0.1, -0.05) is 42.5 Å². The summed E-state index contributed by atoms with van der Waals surface area (Å²) < 4.78 is 11.8. The Morgan fingerprint density at radius 2 is 1.68 bits per heavy atom. The first-order chi connectivity index (χ1) is 15.1. The average Bonchev–Trinajstić information content (AvgIpc) is 3.20. The van der Waals surface area contributed by atoms with Crippen LogP contribution < -0.4 is 16.2 Å². The van der Waals surface area contributed by atoms with E-state index in [1.807, 2.05) is 36.4 Å². The minimum atomic E-state index is -0.919. The highest BCUT2D eigenvalue weighted by atomic mass is 16.5. The molecule has 0 amide bonds. The highest BCUT2D eigenvalue weighted by Crippen LogP contribution is 2.31. The number of hydrogen-bond donors (Lipinski definition) is 3. The van der Waals surface area contributed by atoms with Crippen LogP contribution in [0.1, 0.15) is 22.3 Å². The molecule has 0 unspecified atom stereocenters. The highest BCUT2D eigenvalue weighted by molar-refractivity contribution is 5.86. The number of fused-ring (bicyclic) bond motifs is 1. The van der Waals surface area contributed by atoms with Crippen molar-refractivity contribution < 1.29 is 19.1 Å². The molecule has 158 valence electrons. The van der Waals surface area contributed by atoms with E-state index in [0.717, 1.165) is 38.8 Å². The van der Waals surface area contributed by atoms with Crippen molar-refractivity contribution in [3.8, 4) is 16.9 Å². The second kappa shape index (κ2) is 9.04. The molecule has 0 aliphatic carbocycles. The van der Waals surface area contributed by atoms with Gasteiger partial charge in [0.15, 0.2) is 0 Å². The Morgan fingerprint density at radius 1 is 0.903 bits per heavy atom. The number of benzene rings is 3. The van der Waals surface area contributed by atoms with E-state index >= 15 is 0 Å². The molecule has 0 spiro atoms. The van der Waals surface area contributed by atoms with Crippen LogP contribution in [0.2, 0.25) is 0 Å². The molecule has 1 aromatic heterocycles. The zero-order chi connectivity index (χ0) is 21.8. The summed E-state index contributed by atoms with van der Waals surface area (Å²) in [5.74, 6) is -0.398. The van der Waals surface area contributed by atoms with E-state index in [1.165, 1.54) is 0 Å². The van der Waals surface area contributed by atoms with Crippen molar-refractivity contribution in [2.75, 3.05) is 0 Å².